The number of hydrogen-bond donors (Lipinski definition) is 2. The summed E-state index contributed by atoms with van der Waals surface area (Å²) >= 11 is 7.81. The van der Waals surface area contributed by atoms with Gasteiger partial charge in [0.25, 0.3) is 0 Å². The van der Waals surface area contributed by atoms with Crippen molar-refractivity contribution in [2.24, 2.45) is 4.99 Å². The normalized spacial score (nSPS) is 10.8. The molecule has 0 atom stereocenters. The maximum Gasteiger partial charge on any atom is 0.204 e. The molecule has 1 aromatic heterocycles. The maximum atomic E-state index is 8.48. The second kappa shape index (κ2) is 9.28. The fourth-order valence-corrected chi connectivity index (χ4v) is 2.46. The summed E-state index contributed by atoms with van der Waals surface area (Å²) in [7, 11) is 3.28. The number of guanidine groups is 1. The fraction of sp³-hybridized carbons (Fsp3) is 0.417. The number of pyridine rings is 1. The molecule has 0 saturated carbocycles. The van der Waals surface area contributed by atoms with Crippen LogP contribution in [0, 0.1) is 11.5 Å². The van der Waals surface area contributed by atoms with Crippen molar-refractivity contribution in [3.63, 3.8) is 0 Å². The first-order valence-corrected chi connectivity index (χ1v) is 7.38. The van der Waals surface area contributed by atoms with Gasteiger partial charge in [-0.2, -0.15) is 17.0 Å². The summed E-state index contributed by atoms with van der Waals surface area (Å²) < 4.78 is 5.14. The van der Waals surface area contributed by atoms with Gasteiger partial charge in [0.1, 0.15) is 10.8 Å². The van der Waals surface area contributed by atoms with Crippen LogP contribution in [0.2, 0.25) is 5.02 Å². The molecule has 0 saturated heterocycles. The lowest BCUT2D eigenvalue weighted by Crippen LogP contribution is -2.31. The summed E-state index contributed by atoms with van der Waals surface area (Å²) in [5.41, 5.74) is 0.795. The Labute approximate surface area is 127 Å². The molecule has 0 amide bonds. The predicted octanol–water partition coefficient (Wildman–Crippen LogP) is 1.62. The van der Waals surface area contributed by atoms with E-state index in [-0.39, 0.29) is 0 Å². The zero-order valence-electron chi connectivity index (χ0n) is 11.3. The Hall–Kier alpha value is -1.65. The third-order valence-electron chi connectivity index (χ3n) is 2.30. The van der Waals surface area contributed by atoms with Crippen molar-refractivity contribution in [2.75, 3.05) is 26.5 Å². The minimum absolute atomic E-state index is 0.464. The van der Waals surface area contributed by atoms with Crippen LogP contribution in [-0.2, 0) is 5.75 Å². The van der Waals surface area contributed by atoms with E-state index in [4.69, 9.17) is 21.6 Å². The summed E-state index contributed by atoms with van der Waals surface area (Å²) in [6.07, 6.45) is 3.49. The van der Waals surface area contributed by atoms with Crippen LogP contribution in [0.15, 0.2) is 17.3 Å². The highest BCUT2D eigenvalue weighted by atomic mass is 35.5. The standard InChI is InChI=1S/C12H16ClN5OS/c1-15-12(18-8-14)17-5-6-20-7-9-11(13)10(19-2)3-4-16-9/h3-4H,5-7H2,1-2H3,(H2,15,17,18). The maximum absolute atomic E-state index is 8.48. The highest BCUT2D eigenvalue weighted by molar-refractivity contribution is 7.98. The van der Waals surface area contributed by atoms with Crippen LogP contribution in [0.3, 0.4) is 0 Å². The summed E-state index contributed by atoms with van der Waals surface area (Å²) in [4.78, 5) is 8.42. The average molecular weight is 314 g/mol. The molecule has 0 radical (unpaired) electrons. The summed E-state index contributed by atoms with van der Waals surface area (Å²) in [6.45, 7) is 0.594. The molecule has 0 bridgehead atoms. The number of nitrogens with zero attached hydrogens (tertiary/aromatic N) is 3. The Kier molecular flexibility index (Phi) is 7.62. The van der Waals surface area contributed by atoms with Crippen molar-refractivity contribution in [1.82, 2.24) is 15.6 Å². The van der Waals surface area contributed by atoms with Crippen molar-refractivity contribution in [2.45, 2.75) is 5.75 Å². The molecule has 108 valence electrons. The van der Waals surface area contributed by atoms with E-state index in [1.807, 2.05) is 6.19 Å². The lowest BCUT2D eigenvalue weighted by Gasteiger charge is -2.07. The molecule has 2 N–H and O–H groups in total. The Balaban J connectivity index is 2.40. The number of nitriles is 1. The van der Waals surface area contributed by atoms with Crippen molar-refractivity contribution in [3.8, 4) is 11.9 Å². The molecule has 0 spiro atoms. The number of nitrogens with one attached hydrogen (secondary N) is 2. The van der Waals surface area contributed by atoms with Gasteiger partial charge in [0.15, 0.2) is 6.19 Å². The SMILES string of the molecule is CN/C(=N/CCSCc1nccc(OC)c1Cl)NC#N. The Morgan fingerprint density at radius 1 is 1.65 bits per heavy atom. The molecule has 0 aliphatic rings. The molecule has 1 rings (SSSR count). The number of hydrogen-bond acceptors (Lipinski definition) is 5. The quantitative estimate of drug-likeness (QED) is 0.273. The van der Waals surface area contributed by atoms with E-state index in [2.05, 4.69) is 20.6 Å². The van der Waals surface area contributed by atoms with Gasteiger partial charge in [-0.25, -0.2) is 0 Å². The molecule has 1 aromatic rings. The minimum Gasteiger partial charge on any atom is -0.495 e. The highest BCUT2D eigenvalue weighted by Gasteiger charge is 2.07. The molecule has 0 aliphatic heterocycles. The van der Waals surface area contributed by atoms with E-state index in [0.29, 0.717) is 29.0 Å². The molecule has 0 unspecified atom stereocenters. The van der Waals surface area contributed by atoms with Crippen molar-refractivity contribution in [1.29, 1.82) is 5.26 Å². The van der Waals surface area contributed by atoms with E-state index >= 15 is 0 Å². The Morgan fingerprint density at radius 3 is 3.10 bits per heavy atom. The number of aromatic nitrogens is 1. The monoisotopic (exact) mass is 313 g/mol. The molecule has 20 heavy (non-hydrogen) atoms. The Morgan fingerprint density at radius 2 is 2.45 bits per heavy atom. The van der Waals surface area contributed by atoms with Gasteiger partial charge in [0.05, 0.1) is 19.3 Å². The third kappa shape index (κ3) is 5.15. The van der Waals surface area contributed by atoms with Gasteiger partial charge in [-0.15, -0.1) is 0 Å². The molecule has 8 heteroatoms. The molecular formula is C12H16ClN5OS. The van der Waals surface area contributed by atoms with Crippen molar-refractivity contribution >= 4 is 29.3 Å². The molecular weight excluding hydrogens is 298 g/mol. The average Bonchev–Trinajstić information content (AvgIpc) is 2.47. The van der Waals surface area contributed by atoms with Gasteiger partial charge in [-0.05, 0) is 0 Å². The first kappa shape index (κ1) is 16.4. The number of ether oxygens (including phenoxy) is 1. The number of halogens is 1. The smallest absolute Gasteiger partial charge is 0.204 e. The second-order valence-electron chi connectivity index (χ2n) is 3.54. The number of methoxy groups -OCH3 is 1. The molecule has 0 aromatic carbocycles. The van der Waals surface area contributed by atoms with Gasteiger partial charge in [0.2, 0.25) is 5.96 Å². The van der Waals surface area contributed by atoms with Gasteiger partial charge in [-0.1, -0.05) is 11.6 Å². The zero-order chi connectivity index (χ0) is 14.8. The lowest BCUT2D eigenvalue weighted by molar-refractivity contribution is 0.414. The van der Waals surface area contributed by atoms with E-state index in [1.54, 1.807) is 38.2 Å². The number of thioether (sulfide) groups is 1. The molecule has 0 aliphatic carbocycles. The highest BCUT2D eigenvalue weighted by Crippen LogP contribution is 2.28. The number of aliphatic imine (C=N–C) groups is 1. The van der Waals surface area contributed by atoms with Crippen LogP contribution in [-0.4, -0.2) is 37.4 Å². The lowest BCUT2D eigenvalue weighted by atomic mass is 10.3. The summed E-state index contributed by atoms with van der Waals surface area (Å²) in [5.74, 6) is 2.58. The van der Waals surface area contributed by atoms with Crippen LogP contribution in [0.1, 0.15) is 5.69 Å². The second-order valence-corrected chi connectivity index (χ2v) is 5.03. The first-order valence-electron chi connectivity index (χ1n) is 5.85. The molecule has 1 heterocycles. The van der Waals surface area contributed by atoms with Crippen LogP contribution >= 0.6 is 23.4 Å². The van der Waals surface area contributed by atoms with E-state index in [1.165, 1.54) is 0 Å². The van der Waals surface area contributed by atoms with E-state index in [0.717, 1.165) is 11.4 Å². The minimum atomic E-state index is 0.464. The number of rotatable bonds is 6. The Bertz CT molecular complexity index is 503. The third-order valence-corrected chi connectivity index (χ3v) is 3.65. The largest absolute Gasteiger partial charge is 0.495 e. The van der Waals surface area contributed by atoms with Crippen LogP contribution in [0.4, 0.5) is 0 Å². The summed E-state index contributed by atoms with van der Waals surface area (Å²) in [6, 6.07) is 1.73. The van der Waals surface area contributed by atoms with Crippen molar-refractivity contribution < 1.29 is 4.74 Å². The molecule has 6 nitrogen and oxygen atoms in total. The van der Waals surface area contributed by atoms with E-state index < -0.39 is 0 Å². The van der Waals surface area contributed by atoms with Crippen molar-refractivity contribution in [3.05, 3.63) is 23.0 Å². The van der Waals surface area contributed by atoms with Gasteiger partial charge in [-0.3, -0.25) is 15.3 Å². The zero-order valence-corrected chi connectivity index (χ0v) is 12.9. The van der Waals surface area contributed by atoms with E-state index in [9.17, 15) is 0 Å². The van der Waals surface area contributed by atoms with Crippen LogP contribution in [0.25, 0.3) is 0 Å². The van der Waals surface area contributed by atoms with Crippen LogP contribution in [0.5, 0.6) is 5.75 Å². The molecule has 0 fully saturated rings. The predicted molar refractivity (Wildman–Crippen MR) is 82.1 cm³/mol. The first-order chi connectivity index (χ1) is 9.72. The van der Waals surface area contributed by atoms with Crippen LogP contribution < -0.4 is 15.4 Å². The summed E-state index contributed by atoms with van der Waals surface area (Å²) in [5, 5.41) is 14.3. The topological polar surface area (TPSA) is 82.3 Å². The van der Waals surface area contributed by atoms with Gasteiger partial charge >= 0.3 is 0 Å². The van der Waals surface area contributed by atoms with Gasteiger partial charge in [0, 0.05) is 30.8 Å². The van der Waals surface area contributed by atoms with Gasteiger partial charge < -0.3 is 10.1 Å². The fourth-order valence-electron chi connectivity index (χ4n) is 1.35.